The Balaban J connectivity index is 2.21. The highest BCUT2D eigenvalue weighted by Crippen LogP contribution is 2.35. The van der Waals surface area contributed by atoms with Gasteiger partial charge in [-0.25, -0.2) is 0 Å². The molecule has 2 rings (SSSR count). The summed E-state index contributed by atoms with van der Waals surface area (Å²) in [4.78, 5) is 13.1. The number of aryl methyl sites for hydroxylation is 1. The van der Waals surface area contributed by atoms with Crippen LogP contribution >= 0.6 is 0 Å². The van der Waals surface area contributed by atoms with Crippen LogP contribution in [-0.2, 0) is 4.79 Å². The Morgan fingerprint density at radius 3 is 2.93 bits per heavy atom. The first-order valence-corrected chi connectivity index (χ1v) is 4.89. The number of alkyl halides is 1. The summed E-state index contributed by atoms with van der Waals surface area (Å²) in [6.07, 6.45) is 0.473. The first-order valence-electron chi connectivity index (χ1n) is 4.89. The fraction of sp³-hybridized carbons (Fsp3) is 0.600. The number of hydrogen-bond donors (Lipinski definition) is 0. The molecule has 1 fully saturated rings. The minimum atomic E-state index is -0.604. The van der Waals surface area contributed by atoms with Crippen LogP contribution in [0, 0.1) is 12.8 Å². The fourth-order valence-corrected chi connectivity index (χ4v) is 1.95. The lowest BCUT2D eigenvalue weighted by molar-refractivity contribution is -0.131. The number of amides is 1. The molecule has 1 aliphatic heterocycles. The van der Waals surface area contributed by atoms with Gasteiger partial charge in [0.15, 0.2) is 5.76 Å². The van der Waals surface area contributed by atoms with E-state index in [9.17, 15) is 9.18 Å². The van der Waals surface area contributed by atoms with E-state index in [-0.39, 0.29) is 11.9 Å². The summed E-state index contributed by atoms with van der Waals surface area (Å²) in [5, 5.41) is 3.76. The highest BCUT2D eigenvalue weighted by Gasteiger charge is 2.39. The number of rotatable bonds is 2. The molecule has 1 aromatic heterocycles. The van der Waals surface area contributed by atoms with Crippen LogP contribution in [0.5, 0.6) is 0 Å². The maximum Gasteiger partial charge on any atom is 0.228 e. The van der Waals surface area contributed by atoms with Crippen LogP contribution in [0.2, 0.25) is 0 Å². The molecular weight excluding hydrogens is 199 g/mol. The van der Waals surface area contributed by atoms with Gasteiger partial charge in [-0.1, -0.05) is 5.16 Å². The highest BCUT2D eigenvalue weighted by atomic mass is 19.1. The number of aromatic nitrogens is 1. The molecule has 15 heavy (non-hydrogen) atoms. The Morgan fingerprint density at radius 2 is 2.47 bits per heavy atom. The second-order valence-electron chi connectivity index (χ2n) is 3.92. The molecule has 0 spiro atoms. The van der Waals surface area contributed by atoms with E-state index in [4.69, 9.17) is 4.52 Å². The van der Waals surface area contributed by atoms with Gasteiger partial charge in [-0.2, -0.15) is 0 Å². The molecule has 1 saturated heterocycles. The molecule has 1 amide bonds. The Hall–Kier alpha value is -1.39. The molecule has 0 unspecified atom stereocenters. The molecule has 5 heteroatoms. The second kappa shape index (κ2) is 3.64. The minimum Gasteiger partial charge on any atom is -0.359 e. The molecule has 0 radical (unpaired) electrons. The summed E-state index contributed by atoms with van der Waals surface area (Å²) < 4.78 is 17.6. The molecular formula is C10H13FN2O2. The van der Waals surface area contributed by atoms with Gasteiger partial charge < -0.3 is 9.42 Å². The van der Waals surface area contributed by atoms with Gasteiger partial charge in [0.1, 0.15) is 6.67 Å². The molecule has 0 aliphatic carbocycles. The van der Waals surface area contributed by atoms with E-state index in [1.165, 1.54) is 4.90 Å². The zero-order valence-corrected chi connectivity index (χ0v) is 8.74. The van der Waals surface area contributed by atoms with E-state index in [2.05, 4.69) is 5.16 Å². The van der Waals surface area contributed by atoms with Crippen molar-refractivity contribution in [1.82, 2.24) is 10.1 Å². The van der Waals surface area contributed by atoms with E-state index < -0.39 is 12.6 Å². The quantitative estimate of drug-likeness (QED) is 0.745. The van der Waals surface area contributed by atoms with E-state index in [0.29, 0.717) is 12.2 Å². The third kappa shape index (κ3) is 1.62. The number of halogens is 1. The summed E-state index contributed by atoms with van der Waals surface area (Å²) >= 11 is 0. The summed E-state index contributed by atoms with van der Waals surface area (Å²) in [5.74, 6) is -0.0405. The Kier molecular flexibility index (Phi) is 2.46. The van der Waals surface area contributed by atoms with E-state index in [1.807, 2.05) is 6.92 Å². The number of carbonyl (C=O) groups excluding carboxylic acids is 1. The molecule has 0 N–H and O–H groups in total. The largest absolute Gasteiger partial charge is 0.359 e. The van der Waals surface area contributed by atoms with Crippen molar-refractivity contribution in [3.05, 3.63) is 17.5 Å². The average molecular weight is 212 g/mol. The van der Waals surface area contributed by atoms with Gasteiger partial charge in [-0.3, -0.25) is 9.18 Å². The van der Waals surface area contributed by atoms with Crippen molar-refractivity contribution in [3.63, 3.8) is 0 Å². The summed E-state index contributed by atoms with van der Waals surface area (Å²) in [5.41, 5.74) is 0.773. The summed E-state index contributed by atoms with van der Waals surface area (Å²) in [7, 11) is 1.67. The standard InChI is InChI=1S/C10H13FN2O2/c1-6-3-9(15-12-6)8-4-7(5-11)10(14)13(8)2/h3,7-8H,4-5H2,1-2H3/t7-,8+/m1/s1. The van der Waals surface area contributed by atoms with E-state index >= 15 is 0 Å². The van der Waals surface area contributed by atoms with Gasteiger partial charge in [-0.05, 0) is 13.3 Å². The van der Waals surface area contributed by atoms with Crippen molar-refractivity contribution in [2.24, 2.45) is 5.92 Å². The van der Waals surface area contributed by atoms with Crippen molar-refractivity contribution < 1.29 is 13.7 Å². The lowest BCUT2D eigenvalue weighted by Crippen LogP contribution is -2.25. The molecule has 0 saturated carbocycles. The highest BCUT2D eigenvalue weighted by molar-refractivity contribution is 5.81. The Morgan fingerprint density at radius 1 is 1.73 bits per heavy atom. The minimum absolute atomic E-state index is 0.156. The van der Waals surface area contributed by atoms with Crippen molar-refractivity contribution in [3.8, 4) is 0 Å². The monoisotopic (exact) mass is 212 g/mol. The maximum absolute atomic E-state index is 12.5. The van der Waals surface area contributed by atoms with Gasteiger partial charge in [0.2, 0.25) is 5.91 Å². The number of nitrogens with zero attached hydrogens (tertiary/aromatic N) is 2. The second-order valence-corrected chi connectivity index (χ2v) is 3.92. The molecule has 4 nitrogen and oxygen atoms in total. The first-order chi connectivity index (χ1) is 7.13. The third-order valence-corrected chi connectivity index (χ3v) is 2.83. The van der Waals surface area contributed by atoms with Crippen LogP contribution in [0.15, 0.2) is 10.6 Å². The molecule has 2 heterocycles. The lowest BCUT2D eigenvalue weighted by Gasteiger charge is -2.16. The molecule has 1 aromatic rings. The lowest BCUT2D eigenvalue weighted by atomic mass is 10.1. The van der Waals surface area contributed by atoms with Crippen molar-refractivity contribution in [2.75, 3.05) is 13.7 Å². The van der Waals surface area contributed by atoms with Gasteiger partial charge in [0.05, 0.1) is 17.7 Å². The van der Waals surface area contributed by atoms with Crippen molar-refractivity contribution in [2.45, 2.75) is 19.4 Å². The van der Waals surface area contributed by atoms with Gasteiger partial charge in [0.25, 0.3) is 0 Å². The molecule has 1 aliphatic rings. The smallest absolute Gasteiger partial charge is 0.228 e. The molecule has 2 atom stereocenters. The topological polar surface area (TPSA) is 46.3 Å². The van der Waals surface area contributed by atoms with Gasteiger partial charge >= 0.3 is 0 Å². The van der Waals surface area contributed by atoms with Crippen LogP contribution in [0.25, 0.3) is 0 Å². The van der Waals surface area contributed by atoms with Gasteiger partial charge in [-0.15, -0.1) is 0 Å². The van der Waals surface area contributed by atoms with Crippen LogP contribution in [0.1, 0.15) is 23.9 Å². The molecule has 82 valence electrons. The maximum atomic E-state index is 12.5. The summed E-state index contributed by atoms with van der Waals surface area (Å²) in [6, 6.07) is 1.62. The van der Waals surface area contributed by atoms with Crippen LogP contribution in [0.4, 0.5) is 4.39 Å². The van der Waals surface area contributed by atoms with E-state index in [1.54, 1.807) is 13.1 Å². The molecule has 0 bridgehead atoms. The number of likely N-dealkylation sites (tertiary alicyclic amines) is 1. The van der Waals surface area contributed by atoms with Crippen molar-refractivity contribution >= 4 is 5.91 Å². The zero-order chi connectivity index (χ0) is 11.0. The van der Waals surface area contributed by atoms with Gasteiger partial charge in [0, 0.05) is 13.1 Å². The predicted molar refractivity (Wildman–Crippen MR) is 50.8 cm³/mol. The van der Waals surface area contributed by atoms with Crippen LogP contribution in [0.3, 0.4) is 0 Å². The predicted octanol–water partition coefficient (Wildman–Crippen LogP) is 1.47. The van der Waals surface area contributed by atoms with E-state index in [0.717, 1.165) is 5.69 Å². The normalized spacial score (nSPS) is 26.3. The Bertz CT molecular complexity index is 377. The Labute approximate surface area is 87.0 Å². The fourth-order valence-electron chi connectivity index (χ4n) is 1.95. The summed E-state index contributed by atoms with van der Waals surface area (Å²) in [6.45, 7) is 1.21. The van der Waals surface area contributed by atoms with Crippen LogP contribution in [-0.4, -0.2) is 29.7 Å². The SMILES string of the molecule is Cc1cc([C@@H]2C[C@H](CF)C(=O)N2C)on1. The molecule has 0 aromatic carbocycles. The zero-order valence-electron chi connectivity index (χ0n) is 8.74. The third-order valence-electron chi connectivity index (χ3n) is 2.83. The number of carbonyl (C=O) groups is 1. The average Bonchev–Trinajstić information content (AvgIpc) is 2.74. The number of hydrogen-bond acceptors (Lipinski definition) is 3. The van der Waals surface area contributed by atoms with Crippen LogP contribution < -0.4 is 0 Å². The first kappa shape index (κ1) is 10.1. The van der Waals surface area contributed by atoms with Crippen molar-refractivity contribution in [1.29, 1.82) is 0 Å².